The van der Waals surface area contributed by atoms with Crippen molar-refractivity contribution in [2.24, 2.45) is 7.05 Å². The minimum Gasteiger partial charge on any atom is -0.343 e. The van der Waals surface area contributed by atoms with E-state index in [1.54, 1.807) is 6.92 Å². The molecular formula is C13H22N4O. The summed E-state index contributed by atoms with van der Waals surface area (Å²) in [7, 11) is 1.94. The van der Waals surface area contributed by atoms with Crippen LogP contribution in [0.2, 0.25) is 0 Å². The number of nitrogens with one attached hydrogen (secondary N) is 1. The molecule has 18 heavy (non-hydrogen) atoms. The summed E-state index contributed by atoms with van der Waals surface area (Å²) >= 11 is 0. The molecule has 1 fully saturated rings. The van der Waals surface area contributed by atoms with Gasteiger partial charge in [0.25, 0.3) is 0 Å². The Morgan fingerprint density at radius 2 is 2.22 bits per heavy atom. The highest BCUT2D eigenvalue weighted by Crippen LogP contribution is 2.10. The second-order valence-electron chi connectivity index (χ2n) is 4.97. The van der Waals surface area contributed by atoms with Gasteiger partial charge in [0.15, 0.2) is 0 Å². The fraction of sp³-hybridized carbons (Fsp3) is 0.692. The summed E-state index contributed by atoms with van der Waals surface area (Å²) in [4.78, 5) is 13.1. The molecule has 1 amide bonds. The van der Waals surface area contributed by atoms with Crippen LogP contribution in [-0.4, -0.2) is 46.3 Å². The lowest BCUT2D eigenvalue weighted by Crippen LogP contribution is -2.44. The van der Waals surface area contributed by atoms with Crippen LogP contribution in [0.4, 0.5) is 0 Å². The molecule has 5 heteroatoms. The number of rotatable bonds is 4. The first-order chi connectivity index (χ1) is 8.65. The Kier molecular flexibility index (Phi) is 4.36. The predicted molar refractivity (Wildman–Crippen MR) is 70.2 cm³/mol. The molecule has 0 bridgehead atoms. The van der Waals surface area contributed by atoms with Gasteiger partial charge in [-0.3, -0.25) is 9.48 Å². The number of aryl methyl sites for hydroxylation is 1. The summed E-state index contributed by atoms with van der Waals surface area (Å²) in [5, 5.41) is 7.90. The lowest BCUT2D eigenvalue weighted by molar-refractivity contribution is -0.129. The largest absolute Gasteiger partial charge is 0.343 e. The van der Waals surface area contributed by atoms with Gasteiger partial charge in [-0.25, -0.2) is 0 Å². The molecule has 0 aliphatic carbocycles. The summed E-state index contributed by atoms with van der Waals surface area (Å²) in [6, 6.07) is 2.60. The van der Waals surface area contributed by atoms with Crippen LogP contribution in [0.15, 0.2) is 12.3 Å². The van der Waals surface area contributed by atoms with Crippen LogP contribution in [0.5, 0.6) is 0 Å². The Morgan fingerprint density at radius 1 is 1.50 bits per heavy atom. The molecule has 2 rings (SSSR count). The molecule has 0 spiro atoms. The minimum absolute atomic E-state index is 0.196. The SMILES string of the molecule is CC(=O)N1CCC(NCCc2ccn(C)n2)CC1. The van der Waals surface area contributed by atoms with Crippen LogP contribution in [0.1, 0.15) is 25.5 Å². The molecule has 1 aromatic heterocycles. The van der Waals surface area contributed by atoms with E-state index in [9.17, 15) is 4.79 Å². The van der Waals surface area contributed by atoms with Gasteiger partial charge in [0, 0.05) is 52.3 Å². The molecule has 100 valence electrons. The molecule has 0 aromatic carbocycles. The zero-order valence-electron chi connectivity index (χ0n) is 11.2. The number of likely N-dealkylation sites (tertiary alicyclic amines) is 1. The van der Waals surface area contributed by atoms with Crippen LogP contribution in [0, 0.1) is 0 Å². The fourth-order valence-electron chi connectivity index (χ4n) is 2.40. The number of carbonyl (C=O) groups is 1. The molecule has 1 aliphatic rings. The van der Waals surface area contributed by atoms with Crippen molar-refractivity contribution in [3.63, 3.8) is 0 Å². The molecular weight excluding hydrogens is 228 g/mol. The molecule has 0 radical (unpaired) electrons. The molecule has 1 aromatic rings. The van der Waals surface area contributed by atoms with Gasteiger partial charge >= 0.3 is 0 Å². The number of aromatic nitrogens is 2. The first-order valence-corrected chi connectivity index (χ1v) is 6.62. The third kappa shape index (κ3) is 3.57. The first-order valence-electron chi connectivity index (χ1n) is 6.62. The molecule has 0 atom stereocenters. The number of amides is 1. The third-order valence-corrected chi connectivity index (χ3v) is 3.52. The molecule has 5 nitrogen and oxygen atoms in total. The minimum atomic E-state index is 0.196. The highest BCUT2D eigenvalue weighted by atomic mass is 16.2. The Balaban J connectivity index is 1.65. The van der Waals surface area contributed by atoms with Gasteiger partial charge in [-0.15, -0.1) is 0 Å². The van der Waals surface area contributed by atoms with E-state index in [0.717, 1.165) is 44.6 Å². The summed E-state index contributed by atoms with van der Waals surface area (Å²) in [5.41, 5.74) is 1.13. The maximum atomic E-state index is 11.2. The van der Waals surface area contributed by atoms with Crippen molar-refractivity contribution in [2.45, 2.75) is 32.2 Å². The smallest absolute Gasteiger partial charge is 0.219 e. The fourth-order valence-corrected chi connectivity index (χ4v) is 2.40. The molecule has 0 unspecified atom stereocenters. The van der Waals surface area contributed by atoms with E-state index in [-0.39, 0.29) is 5.91 Å². The summed E-state index contributed by atoms with van der Waals surface area (Å²) in [6.07, 6.45) is 5.05. The Labute approximate surface area is 108 Å². The normalized spacial score (nSPS) is 17.1. The van der Waals surface area contributed by atoms with Crippen LogP contribution in [0.25, 0.3) is 0 Å². The number of hydrogen-bond donors (Lipinski definition) is 1. The maximum Gasteiger partial charge on any atom is 0.219 e. The van der Waals surface area contributed by atoms with Crippen molar-refractivity contribution in [2.75, 3.05) is 19.6 Å². The van der Waals surface area contributed by atoms with Crippen LogP contribution in [-0.2, 0) is 18.3 Å². The predicted octanol–water partition coefficient (Wildman–Crippen LogP) is 0.563. The molecule has 2 heterocycles. The number of nitrogens with zero attached hydrogens (tertiary/aromatic N) is 3. The maximum absolute atomic E-state index is 11.2. The number of hydrogen-bond acceptors (Lipinski definition) is 3. The summed E-state index contributed by atoms with van der Waals surface area (Å²) < 4.78 is 1.83. The number of carbonyl (C=O) groups excluding carboxylic acids is 1. The van der Waals surface area contributed by atoms with Gasteiger partial charge in [-0.05, 0) is 18.9 Å². The van der Waals surface area contributed by atoms with Crippen LogP contribution < -0.4 is 5.32 Å². The number of piperidine rings is 1. The second-order valence-corrected chi connectivity index (χ2v) is 4.97. The van der Waals surface area contributed by atoms with Crippen LogP contribution in [0.3, 0.4) is 0 Å². The lowest BCUT2D eigenvalue weighted by Gasteiger charge is -2.31. The van der Waals surface area contributed by atoms with E-state index in [0.29, 0.717) is 6.04 Å². The highest BCUT2D eigenvalue weighted by molar-refractivity contribution is 5.73. The quantitative estimate of drug-likeness (QED) is 0.849. The van der Waals surface area contributed by atoms with Gasteiger partial charge in [0.2, 0.25) is 5.91 Å². The third-order valence-electron chi connectivity index (χ3n) is 3.52. The Bertz CT molecular complexity index is 393. The summed E-state index contributed by atoms with van der Waals surface area (Å²) in [6.45, 7) is 4.38. The van der Waals surface area contributed by atoms with Crippen molar-refractivity contribution < 1.29 is 4.79 Å². The summed E-state index contributed by atoms with van der Waals surface area (Å²) in [5.74, 6) is 0.196. The van der Waals surface area contributed by atoms with E-state index >= 15 is 0 Å². The van der Waals surface area contributed by atoms with Gasteiger partial charge in [0.1, 0.15) is 0 Å². The van der Waals surface area contributed by atoms with E-state index in [2.05, 4.69) is 16.5 Å². The first kappa shape index (κ1) is 13.1. The Hall–Kier alpha value is -1.36. The van der Waals surface area contributed by atoms with Crippen molar-refractivity contribution in [3.05, 3.63) is 18.0 Å². The van der Waals surface area contributed by atoms with Gasteiger partial charge < -0.3 is 10.2 Å². The molecule has 1 saturated heterocycles. The zero-order valence-corrected chi connectivity index (χ0v) is 11.2. The monoisotopic (exact) mass is 250 g/mol. The standard InChI is InChI=1S/C13H22N4O/c1-11(18)17-9-5-12(6-10-17)14-7-3-13-4-8-16(2)15-13/h4,8,12,14H,3,5-7,9-10H2,1-2H3. The average Bonchev–Trinajstić information content (AvgIpc) is 2.76. The Morgan fingerprint density at radius 3 is 2.78 bits per heavy atom. The molecule has 1 aliphatic heterocycles. The molecule has 0 saturated carbocycles. The van der Waals surface area contributed by atoms with Gasteiger partial charge in [-0.2, -0.15) is 5.10 Å². The topological polar surface area (TPSA) is 50.2 Å². The highest BCUT2D eigenvalue weighted by Gasteiger charge is 2.19. The van der Waals surface area contributed by atoms with Crippen molar-refractivity contribution >= 4 is 5.91 Å². The van der Waals surface area contributed by atoms with Gasteiger partial charge in [0.05, 0.1) is 5.69 Å². The van der Waals surface area contributed by atoms with Crippen molar-refractivity contribution in [3.8, 4) is 0 Å². The van der Waals surface area contributed by atoms with E-state index in [4.69, 9.17) is 0 Å². The second kappa shape index (κ2) is 6.00. The van der Waals surface area contributed by atoms with E-state index < -0.39 is 0 Å². The molecule has 1 N–H and O–H groups in total. The van der Waals surface area contributed by atoms with Crippen molar-refractivity contribution in [1.29, 1.82) is 0 Å². The van der Waals surface area contributed by atoms with Gasteiger partial charge in [-0.1, -0.05) is 0 Å². The van der Waals surface area contributed by atoms with E-state index in [1.165, 1.54) is 0 Å². The van der Waals surface area contributed by atoms with E-state index in [1.807, 2.05) is 22.8 Å². The zero-order chi connectivity index (χ0) is 13.0. The lowest BCUT2D eigenvalue weighted by atomic mass is 10.0. The van der Waals surface area contributed by atoms with Crippen LogP contribution >= 0.6 is 0 Å². The van der Waals surface area contributed by atoms with Crippen molar-refractivity contribution in [1.82, 2.24) is 20.0 Å². The average molecular weight is 250 g/mol.